The highest BCUT2D eigenvalue weighted by molar-refractivity contribution is 5.74. The zero-order valence-electron chi connectivity index (χ0n) is 10.4. The van der Waals surface area contributed by atoms with Gasteiger partial charge in [0, 0.05) is 12.1 Å². The first-order valence-corrected chi connectivity index (χ1v) is 5.72. The molecular weight excluding hydrogens is 214 g/mol. The van der Waals surface area contributed by atoms with Gasteiger partial charge in [-0.15, -0.1) is 0 Å². The van der Waals surface area contributed by atoms with Gasteiger partial charge in [0.05, 0.1) is 0 Å². The summed E-state index contributed by atoms with van der Waals surface area (Å²) in [5, 5.41) is 2.78. The van der Waals surface area contributed by atoms with Crippen molar-refractivity contribution < 1.29 is 9.53 Å². The number of amides is 1. The average molecular weight is 231 g/mol. The molecule has 0 bridgehead atoms. The highest BCUT2D eigenvalue weighted by Gasteiger charge is 2.19. The second kappa shape index (κ2) is 4.24. The fraction of sp³-hybridized carbons (Fsp3) is 0.357. The topological polar surface area (TPSA) is 38.3 Å². The Morgan fingerprint density at radius 1 is 1.29 bits per heavy atom. The van der Waals surface area contributed by atoms with E-state index in [2.05, 4.69) is 11.4 Å². The summed E-state index contributed by atoms with van der Waals surface area (Å²) >= 11 is 0. The van der Waals surface area contributed by atoms with Crippen molar-refractivity contribution in [1.29, 1.82) is 0 Å². The Bertz CT molecular complexity index is 469. The molecule has 0 heterocycles. The molecule has 1 aliphatic rings. The first-order valence-electron chi connectivity index (χ1n) is 5.72. The number of ether oxygens (including phenoxy) is 1. The fourth-order valence-electron chi connectivity index (χ4n) is 1.79. The van der Waals surface area contributed by atoms with Crippen molar-refractivity contribution in [3.05, 3.63) is 41.1 Å². The molecule has 0 aliphatic heterocycles. The van der Waals surface area contributed by atoms with Gasteiger partial charge in [-0.1, -0.05) is 24.3 Å². The number of hydrogen-bond acceptors (Lipinski definition) is 2. The summed E-state index contributed by atoms with van der Waals surface area (Å²) in [6.07, 6.45) is 2.35. The molecule has 0 spiro atoms. The summed E-state index contributed by atoms with van der Waals surface area (Å²) in [6, 6.07) is 8.10. The molecule has 0 atom stereocenters. The molecule has 3 heteroatoms. The largest absolute Gasteiger partial charge is 0.444 e. The number of carbonyl (C=O) groups excluding carboxylic acids is 1. The minimum atomic E-state index is -0.462. The van der Waals surface area contributed by atoms with Crippen LogP contribution in [-0.4, -0.2) is 11.7 Å². The van der Waals surface area contributed by atoms with Gasteiger partial charge >= 0.3 is 6.09 Å². The quantitative estimate of drug-likeness (QED) is 0.806. The van der Waals surface area contributed by atoms with Crippen LogP contribution < -0.4 is 5.32 Å². The van der Waals surface area contributed by atoms with Gasteiger partial charge in [0.2, 0.25) is 0 Å². The van der Waals surface area contributed by atoms with Gasteiger partial charge in [0.25, 0.3) is 0 Å². The molecule has 0 saturated carbocycles. The molecule has 1 aliphatic carbocycles. The van der Waals surface area contributed by atoms with Gasteiger partial charge in [-0.3, -0.25) is 5.32 Å². The molecular formula is C14H17NO2. The first kappa shape index (κ1) is 11.7. The highest BCUT2D eigenvalue weighted by atomic mass is 16.6. The lowest BCUT2D eigenvalue weighted by atomic mass is 10.1. The van der Waals surface area contributed by atoms with Crippen LogP contribution >= 0.6 is 0 Å². The van der Waals surface area contributed by atoms with Crippen molar-refractivity contribution in [3.63, 3.8) is 0 Å². The number of benzene rings is 1. The molecule has 0 saturated heterocycles. The molecule has 90 valence electrons. The van der Waals surface area contributed by atoms with E-state index >= 15 is 0 Å². The lowest BCUT2D eigenvalue weighted by Gasteiger charge is -2.19. The maximum Gasteiger partial charge on any atom is 0.411 e. The Kier molecular flexibility index (Phi) is 2.92. The Hall–Kier alpha value is -1.77. The smallest absolute Gasteiger partial charge is 0.411 e. The van der Waals surface area contributed by atoms with Crippen LogP contribution in [0.1, 0.15) is 31.9 Å². The van der Waals surface area contributed by atoms with Crippen LogP contribution in [0.3, 0.4) is 0 Å². The molecule has 1 amide bonds. The summed E-state index contributed by atoms with van der Waals surface area (Å²) in [5.41, 5.74) is 2.83. The zero-order chi connectivity index (χ0) is 12.5. The number of allylic oxidation sites excluding steroid dienone is 1. The molecule has 1 aromatic carbocycles. The predicted molar refractivity (Wildman–Crippen MR) is 67.5 cm³/mol. The maximum atomic E-state index is 11.6. The molecule has 0 aromatic heterocycles. The number of nitrogens with one attached hydrogen (secondary N) is 1. The van der Waals surface area contributed by atoms with Gasteiger partial charge in [-0.2, -0.15) is 0 Å². The van der Waals surface area contributed by atoms with Crippen LogP contribution in [0.5, 0.6) is 0 Å². The molecule has 1 N–H and O–H groups in total. The van der Waals surface area contributed by atoms with E-state index < -0.39 is 11.7 Å². The van der Waals surface area contributed by atoms with E-state index in [0.717, 1.165) is 12.1 Å². The van der Waals surface area contributed by atoms with E-state index in [-0.39, 0.29) is 0 Å². The van der Waals surface area contributed by atoms with Crippen molar-refractivity contribution in [2.75, 3.05) is 0 Å². The Labute approximate surface area is 101 Å². The summed E-state index contributed by atoms with van der Waals surface area (Å²) in [6.45, 7) is 5.55. The summed E-state index contributed by atoms with van der Waals surface area (Å²) in [4.78, 5) is 11.6. The summed E-state index contributed by atoms with van der Waals surface area (Å²) < 4.78 is 5.21. The zero-order valence-corrected chi connectivity index (χ0v) is 10.4. The second-order valence-electron chi connectivity index (χ2n) is 5.17. The van der Waals surface area contributed by atoms with Crippen LogP contribution in [0.25, 0.3) is 6.08 Å². The van der Waals surface area contributed by atoms with Gasteiger partial charge in [-0.25, -0.2) is 4.79 Å². The number of rotatable bonds is 1. The minimum absolute atomic E-state index is 0.392. The van der Waals surface area contributed by atoms with Crippen LogP contribution in [0.4, 0.5) is 4.79 Å². The Morgan fingerprint density at radius 3 is 2.65 bits per heavy atom. The number of hydrogen-bond donors (Lipinski definition) is 1. The van der Waals surface area contributed by atoms with E-state index in [0.29, 0.717) is 0 Å². The Morgan fingerprint density at radius 2 is 2.00 bits per heavy atom. The van der Waals surface area contributed by atoms with Crippen molar-refractivity contribution in [1.82, 2.24) is 5.32 Å². The average Bonchev–Trinajstić information content (AvgIpc) is 2.55. The van der Waals surface area contributed by atoms with E-state index in [1.165, 1.54) is 11.1 Å². The Balaban J connectivity index is 1.98. The number of fused-ring (bicyclic) bond motifs is 1. The van der Waals surface area contributed by atoms with Crippen LogP contribution in [-0.2, 0) is 11.2 Å². The molecule has 0 fully saturated rings. The third kappa shape index (κ3) is 3.09. The van der Waals surface area contributed by atoms with E-state index in [9.17, 15) is 4.79 Å². The number of alkyl carbamates (subject to hydrolysis) is 1. The van der Waals surface area contributed by atoms with Crippen molar-refractivity contribution in [2.45, 2.75) is 32.8 Å². The van der Waals surface area contributed by atoms with Gasteiger partial charge in [0.1, 0.15) is 5.60 Å². The molecule has 2 rings (SSSR count). The second-order valence-corrected chi connectivity index (χ2v) is 5.17. The van der Waals surface area contributed by atoms with Crippen LogP contribution in [0.15, 0.2) is 30.0 Å². The monoisotopic (exact) mass is 231 g/mol. The third-order valence-corrected chi connectivity index (χ3v) is 2.43. The minimum Gasteiger partial charge on any atom is -0.444 e. The normalized spacial score (nSPS) is 13.9. The van der Waals surface area contributed by atoms with E-state index in [1.54, 1.807) is 0 Å². The van der Waals surface area contributed by atoms with E-state index in [4.69, 9.17) is 4.74 Å². The standard InChI is InChI=1S/C14H17NO2/c1-14(2,3)17-13(16)15-12-8-10-6-4-5-7-11(10)9-12/h4-8H,9H2,1-3H3,(H,15,16). The van der Waals surface area contributed by atoms with Gasteiger partial charge in [0.15, 0.2) is 0 Å². The van der Waals surface area contributed by atoms with Gasteiger partial charge in [-0.05, 0) is 38.0 Å². The fourth-order valence-corrected chi connectivity index (χ4v) is 1.79. The molecule has 0 radical (unpaired) electrons. The molecule has 1 aromatic rings. The van der Waals surface area contributed by atoms with Crippen molar-refractivity contribution >= 4 is 12.2 Å². The third-order valence-electron chi connectivity index (χ3n) is 2.43. The predicted octanol–water partition coefficient (Wildman–Crippen LogP) is 3.11. The van der Waals surface area contributed by atoms with Gasteiger partial charge < -0.3 is 4.74 Å². The first-order chi connectivity index (χ1) is 7.94. The molecule has 0 unspecified atom stereocenters. The number of carbonyl (C=O) groups is 1. The summed E-state index contributed by atoms with van der Waals surface area (Å²) in [7, 11) is 0. The van der Waals surface area contributed by atoms with Crippen molar-refractivity contribution in [3.8, 4) is 0 Å². The van der Waals surface area contributed by atoms with Crippen molar-refractivity contribution in [2.24, 2.45) is 0 Å². The van der Waals surface area contributed by atoms with E-state index in [1.807, 2.05) is 45.0 Å². The molecule has 3 nitrogen and oxygen atoms in total. The SMILES string of the molecule is CC(C)(C)OC(=O)NC1=Cc2ccccc2C1. The maximum absolute atomic E-state index is 11.6. The lowest BCUT2D eigenvalue weighted by Crippen LogP contribution is -2.32. The highest BCUT2D eigenvalue weighted by Crippen LogP contribution is 2.23. The summed E-state index contributed by atoms with van der Waals surface area (Å²) in [5.74, 6) is 0. The van der Waals surface area contributed by atoms with Crippen LogP contribution in [0, 0.1) is 0 Å². The lowest BCUT2D eigenvalue weighted by molar-refractivity contribution is 0.0546. The van der Waals surface area contributed by atoms with Crippen LogP contribution in [0.2, 0.25) is 0 Å². The molecule has 17 heavy (non-hydrogen) atoms.